The topological polar surface area (TPSA) is 35.2 Å². The molecule has 0 aromatic heterocycles. The van der Waals surface area contributed by atoms with Crippen LogP contribution < -0.4 is 10.5 Å². The SMILES string of the molecule is Cc1ccc(OCc2ccc(Br)cc2N)c(C)c1. The molecule has 0 saturated carbocycles. The van der Waals surface area contributed by atoms with Gasteiger partial charge in [-0.2, -0.15) is 0 Å². The Balaban J connectivity index is 2.11. The van der Waals surface area contributed by atoms with E-state index in [4.69, 9.17) is 10.5 Å². The number of halogens is 1. The summed E-state index contributed by atoms with van der Waals surface area (Å²) >= 11 is 3.39. The van der Waals surface area contributed by atoms with Crippen LogP contribution in [-0.4, -0.2) is 0 Å². The van der Waals surface area contributed by atoms with E-state index in [2.05, 4.69) is 28.9 Å². The van der Waals surface area contributed by atoms with Gasteiger partial charge in [-0.15, -0.1) is 0 Å². The first-order valence-electron chi connectivity index (χ1n) is 5.80. The highest BCUT2D eigenvalue weighted by Crippen LogP contribution is 2.23. The van der Waals surface area contributed by atoms with Crippen LogP contribution in [0.2, 0.25) is 0 Å². The van der Waals surface area contributed by atoms with Gasteiger partial charge in [0.25, 0.3) is 0 Å². The Kier molecular flexibility index (Phi) is 3.92. The van der Waals surface area contributed by atoms with Crippen LogP contribution in [0, 0.1) is 13.8 Å². The number of rotatable bonds is 3. The Hall–Kier alpha value is -1.48. The summed E-state index contributed by atoms with van der Waals surface area (Å²) in [6, 6.07) is 12.0. The second-order valence-corrected chi connectivity index (χ2v) is 5.32. The van der Waals surface area contributed by atoms with Gasteiger partial charge in [-0.3, -0.25) is 0 Å². The van der Waals surface area contributed by atoms with E-state index in [-0.39, 0.29) is 0 Å². The van der Waals surface area contributed by atoms with Gasteiger partial charge < -0.3 is 10.5 Å². The Morgan fingerprint density at radius 1 is 1.11 bits per heavy atom. The molecule has 2 aromatic carbocycles. The summed E-state index contributed by atoms with van der Waals surface area (Å²) < 4.78 is 6.78. The monoisotopic (exact) mass is 305 g/mol. The lowest BCUT2D eigenvalue weighted by Gasteiger charge is -2.11. The largest absolute Gasteiger partial charge is 0.489 e. The molecule has 2 nitrogen and oxygen atoms in total. The molecule has 94 valence electrons. The number of benzene rings is 2. The maximum Gasteiger partial charge on any atom is 0.122 e. The van der Waals surface area contributed by atoms with Crippen molar-refractivity contribution in [3.05, 3.63) is 57.6 Å². The number of hydrogen-bond donors (Lipinski definition) is 1. The predicted molar refractivity (Wildman–Crippen MR) is 78.8 cm³/mol. The van der Waals surface area contributed by atoms with Gasteiger partial charge in [0.2, 0.25) is 0 Å². The molecule has 0 saturated heterocycles. The molecule has 18 heavy (non-hydrogen) atoms. The summed E-state index contributed by atoms with van der Waals surface area (Å²) in [7, 11) is 0. The highest BCUT2D eigenvalue weighted by atomic mass is 79.9. The minimum atomic E-state index is 0.489. The Morgan fingerprint density at radius 2 is 1.89 bits per heavy atom. The first-order valence-corrected chi connectivity index (χ1v) is 6.59. The molecule has 3 heteroatoms. The molecule has 2 N–H and O–H groups in total. The van der Waals surface area contributed by atoms with E-state index >= 15 is 0 Å². The molecule has 0 unspecified atom stereocenters. The molecular formula is C15H16BrNO. The van der Waals surface area contributed by atoms with Crippen LogP contribution in [0.5, 0.6) is 5.75 Å². The summed E-state index contributed by atoms with van der Waals surface area (Å²) in [4.78, 5) is 0. The number of nitrogens with two attached hydrogens (primary N) is 1. The third-order valence-electron chi connectivity index (χ3n) is 2.82. The summed E-state index contributed by atoms with van der Waals surface area (Å²) in [5, 5.41) is 0. The lowest BCUT2D eigenvalue weighted by molar-refractivity contribution is 0.304. The van der Waals surface area contributed by atoms with Crippen LogP contribution in [0.3, 0.4) is 0 Å². The average molecular weight is 306 g/mol. The van der Waals surface area contributed by atoms with Crippen molar-refractivity contribution in [2.24, 2.45) is 0 Å². The average Bonchev–Trinajstić information content (AvgIpc) is 2.30. The Labute approximate surface area is 116 Å². The second-order valence-electron chi connectivity index (χ2n) is 4.40. The van der Waals surface area contributed by atoms with Gasteiger partial charge >= 0.3 is 0 Å². The van der Waals surface area contributed by atoms with E-state index in [0.717, 1.165) is 27.0 Å². The minimum absolute atomic E-state index is 0.489. The summed E-state index contributed by atoms with van der Waals surface area (Å²) in [5.74, 6) is 0.905. The molecule has 0 amide bonds. The van der Waals surface area contributed by atoms with Crippen molar-refractivity contribution in [1.29, 1.82) is 0 Å². The molecule has 0 aliphatic heterocycles. The lowest BCUT2D eigenvalue weighted by Crippen LogP contribution is -2.01. The number of nitrogen functional groups attached to an aromatic ring is 1. The smallest absolute Gasteiger partial charge is 0.122 e. The predicted octanol–water partition coefficient (Wildman–Crippen LogP) is 4.23. The lowest BCUT2D eigenvalue weighted by atomic mass is 10.1. The normalized spacial score (nSPS) is 10.4. The molecular weight excluding hydrogens is 290 g/mol. The van der Waals surface area contributed by atoms with Crippen LogP contribution in [0.4, 0.5) is 5.69 Å². The van der Waals surface area contributed by atoms with Gasteiger partial charge in [-0.05, 0) is 37.6 Å². The molecule has 0 spiro atoms. The van der Waals surface area contributed by atoms with E-state index in [0.29, 0.717) is 6.61 Å². The fourth-order valence-electron chi connectivity index (χ4n) is 1.81. The summed E-state index contributed by atoms with van der Waals surface area (Å²) in [6.07, 6.45) is 0. The Morgan fingerprint density at radius 3 is 2.56 bits per heavy atom. The van der Waals surface area contributed by atoms with E-state index in [1.807, 2.05) is 37.3 Å². The van der Waals surface area contributed by atoms with Crippen LogP contribution >= 0.6 is 15.9 Å². The van der Waals surface area contributed by atoms with Crippen molar-refractivity contribution in [1.82, 2.24) is 0 Å². The zero-order chi connectivity index (χ0) is 13.1. The van der Waals surface area contributed by atoms with Crippen molar-refractivity contribution in [3.63, 3.8) is 0 Å². The molecule has 0 fully saturated rings. The van der Waals surface area contributed by atoms with E-state index < -0.39 is 0 Å². The maximum atomic E-state index is 5.94. The van der Waals surface area contributed by atoms with Crippen molar-refractivity contribution >= 4 is 21.6 Å². The molecule has 0 atom stereocenters. The standard InChI is InChI=1S/C15H16BrNO/c1-10-3-6-15(11(2)7-10)18-9-12-4-5-13(16)8-14(12)17/h3-8H,9,17H2,1-2H3. The molecule has 0 bridgehead atoms. The van der Waals surface area contributed by atoms with E-state index in [9.17, 15) is 0 Å². The molecule has 2 aromatic rings. The molecule has 0 heterocycles. The van der Waals surface area contributed by atoms with Crippen molar-refractivity contribution in [2.75, 3.05) is 5.73 Å². The number of ether oxygens (including phenoxy) is 1. The zero-order valence-electron chi connectivity index (χ0n) is 10.5. The number of hydrogen-bond acceptors (Lipinski definition) is 2. The van der Waals surface area contributed by atoms with Crippen LogP contribution in [0.25, 0.3) is 0 Å². The third-order valence-corrected chi connectivity index (χ3v) is 3.31. The van der Waals surface area contributed by atoms with Gasteiger partial charge in [0, 0.05) is 15.7 Å². The van der Waals surface area contributed by atoms with Crippen molar-refractivity contribution in [2.45, 2.75) is 20.5 Å². The summed E-state index contributed by atoms with van der Waals surface area (Å²) in [6.45, 7) is 4.61. The third kappa shape index (κ3) is 3.05. The van der Waals surface area contributed by atoms with Gasteiger partial charge in [-0.1, -0.05) is 39.7 Å². The fraction of sp³-hybridized carbons (Fsp3) is 0.200. The van der Waals surface area contributed by atoms with Crippen LogP contribution in [0.1, 0.15) is 16.7 Å². The highest BCUT2D eigenvalue weighted by Gasteiger charge is 2.03. The van der Waals surface area contributed by atoms with E-state index in [1.54, 1.807) is 0 Å². The molecule has 0 aliphatic carbocycles. The quantitative estimate of drug-likeness (QED) is 0.861. The van der Waals surface area contributed by atoms with Crippen LogP contribution in [-0.2, 0) is 6.61 Å². The highest BCUT2D eigenvalue weighted by molar-refractivity contribution is 9.10. The maximum absolute atomic E-state index is 5.94. The Bertz CT molecular complexity index is 515. The molecule has 0 radical (unpaired) electrons. The molecule has 0 aliphatic rings. The van der Waals surface area contributed by atoms with Gasteiger partial charge in [0.1, 0.15) is 12.4 Å². The summed E-state index contributed by atoms with van der Waals surface area (Å²) in [5.41, 5.74) is 10.1. The van der Waals surface area contributed by atoms with Crippen molar-refractivity contribution in [3.8, 4) is 5.75 Å². The van der Waals surface area contributed by atoms with Crippen LogP contribution in [0.15, 0.2) is 40.9 Å². The number of anilines is 1. The second kappa shape index (κ2) is 5.44. The minimum Gasteiger partial charge on any atom is -0.489 e. The van der Waals surface area contributed by atoms with Gasteiger partial charge in [-0.25, -0.2) is 0 Å². The zero-order valence-corrected chi connectivity index (χ0v) is 12.1. The fourth-order valence-corrected chi connectivity index (χ4v) is 2.19. The van der Waals surface area contributed by atoms with Gasteiger partial charge in [0.15, 0.2) is 0 Å². The first kappa shape index (κ1) is 13.0. The van der Waals surface area contributed by atoms with Crippen molar-refractivity contribution < 1.29 is 4.74 Å². The number of aryl methyl sites for hydroxylation is 2. The van der Waals surface area contributed by atoms with Gasteiger partial charge in [0.05, 0.1) is 0 Å². The first-order chi connectivity index (χ1) is 8.56. The van der Waals surface area contributed by atoms with E-state index in [1.165, 1.54) is 5.56 Å². The molecule has 2 rings (SSSR count).